The molecule has 0 atom stereocenters. The molecule has 2 heterocycles. The van der Waals surface area contributed by atoms with Crippen LogP contribution in [0, 0.1) is 10.1 Å². The predicted octanol–water partition coefficient (Wildman–Crippen LogP) is 3.76. The van der Waals surface area contributed by atoms with Crippen molar-refractivity contribution in [1.29, 1.82) is 0 Å². The van der Waals surface area contributed by atoms with Crippen LogP contribution < -0.4 is 9.47 Å². The number of non-ortho nitro benzene ring substituents is 1. The Morgan fingerprint density at radius 1 is 1.12 bits per heavy atom. The summed E-state index contributed by atoms with van der Waals surface area (Å²) in [6.07, 6.45) is 2.83. The molecular formula is C22H14N2O8. The van der Waals surface area contributed by atoms with E-state index in [0.29, 0.717) is 11.1 Å². The van der Waals surface area contributed by atoms with Gasteiger partial charge in [-0.05, 0) is 48.0 Å². The van der Waals surface area contributed by atoms with Gasteiger partial charge in [-0.15, -0.1) is 0 Å². The van der Waals surface area contributed by atoms with E-state index in [1.54, 1.807) is 18.2 Å². The van der Waals surface area contributed by atoms with Gasteiger partial charge in [0.2, 0.25) is 11.7 Å². The molecule has 0 radical (unpaired) electrons. The highest BCUT2D eigenvalue weighted by molar-refractivity contribution is 6.12. The van der Waals surface area contributed by atoms with Gasteiger partial charge in [0.05, 0.1) is 18.3 Å². The van der Waals surface area contributed by atoms with E-state index >= 15 is 0 Å². The number of aliphatic imine (C=N–C) groups is 1. The summed E-state index contributed by atoms with van der Waals surface area (Å²) in [4.78, 5) is 38.7. The molecule has 1 aliphatic rings. The molecule has 0 bridgehead atoms. The van der Waals surface area contributed by atoms with Crippen LogP contribution in [-0.4, -0.2) is 29.9 Å². The van der Waals surface area contributed by atoms with Crippen molar-refractivity contribution < 1.29 is 33.1 Å². The summed E-state index contributed by atoms with van der Waals surface area (Å²) in [6, 6.07) is 13.2. The largest absolute Gasteiger partial charge is 0.493 e. The van der Waals surface area contributed by atoms with Gasteiger partial charge in [0.15, 0.2) is 17.2 Å². The number of benzene rings is 2. The zero-order valence-electron chi connectivity index (χ0n) is 16.5. The maximum atomic E-state index is 12.2. The minimum absolute atomic E-state index is 0.0285. The van der Waals surface area contributed by atoms with Gasteiger partial charge in [-0.3, -0.25) is 10.1 Å². The number of methoxy groups -OCH3 is 1. The monoisotopic (exact) mass is 434 g/mol. The Hall–Kier alpha value is -4.73. The van der Waals surface area contributed by atoms with E-state index < -0.39 is 16.9 Å². The Labute approximate surface area is 180 Å². The van der Waals surface area contributed by atoms with E-state index in [2.05, 4.69) is 4.99 Å². The SMILES string of the molecule is COc1cc(/C=C2\N=C(c3ccc([N+](=O)[O-])cc3)OC2=O)ccc1OC(=O)c1ccco1. The van der Waals surface area contributed by atoms with Crippen molar-refractivity contribution >= 4 is 29.6 Å². The number of ether oxygens (including phenoxy) is 3. The molecule has 32 heavy (non-hydrogen) atoms. The van der Waals surface area contributed by atoms with Crippen LogP contribution in [0.4, 0.5) is 5.69 Å². The number of nitro benzene ring substituents is 1. The second kappa shape index (κ2) is 8.56. The van der Waals surface area contributed by atoms with Crippen LogP contribution in [0.25, 0.3) is 6.08 Å². The summed E-state index contributed by atoms with van der Waals surface area (Å²) in [7, 11) is 1.41. The standard InChI is InChI=1S/C22H14N2O8/c1-29-19-12-13(4-9-17(19)31-22(26)18-3-2-10-30-18)11-16-21(25)32-20(23-16)14-5-7-15(8-6-14)24(27)28/h2-12H,1H3/b16-11-. The molecule has 0 saturated heterocycles. The lowest BCUT2D eigenvalue weighted by Gasteiger charge is -2.09. The first-order chi connectivity index (χ1) is 15.4. The first kappa shape index (κ1) is 20.5. The second-order valence-electron chi connectivity index (χ2n) is 6.42. The summed E-state index contributed by atoms with van der Waals surface area (Å²) in [5.41, 5.74) is 0.903. The Kier molecular flexibility index (Phi) is 5.49. The van der Waals surface area contributed by atoms with Crippen LogP contribution in [-0.2, 0) is 9.53 Å². The summed E-state index contributed by atoms with van der Waals surface area (Å²) >= 11 is 0. The van der Waals surface area contributed by atoms with Crippen LogP contribution in [0.2, 0.25) is 0 Å². The molecule has 2 aromatic carbocycles. The van der Waals surface area contributed by atoms with Gasteiger partial charge < -0.3 is 18.6 Å². The van der Waals surface area contributed by atoms with Crippen molar-refractivity contribution in [3.8, 4) is 11.5 Å². The van der Waals surface area contributed by atoms with E-state index in [4.69, 9.17) is 18.6 Å². The van der Waals surface area contributed by atoms with Crippen LogP contribution in [0.3, 0.4) is 0 Å². The quantitative estimate of drug-likeness (QED) is 0.188. The van der Waals surface area contributed by atoms with Crippen molar-refractivity contribution in [2.75, 3.05) is 7.11 Å². The number of furan rings is 1. The maximum Gasteiger partial charge on any atom is 0.379 e. The van der Waals surface area contributed by atoms with Crippen molar-refractivity contribution in [1.82, 2.24) is 0 Å². The second-order valence-corrected chi connectivity index (χ2v) is 6.42. The molecule has 0 amide bonds. The molecule has 0 N–H and O–H groups in total. The zero-order valence-corrected chi connectivity index (χ0v) is 16.5. The molecule has 160 valence electrons. The number of nitrogens with zero attached hydrogens (tertiary/aromatic N) is 2. The minimum Gasteiger partial charge on any atom is -0.493 e. The summed E-state index contributed by atoms with van der Waals surface area (Å²) in [5, 5.41) is 10.8. The Morgan fingerprint density at radius 2 is 1.91 bits per heavy atom. The number of carbonyl (C=O) groups excluding carboxylic acids is 2. The van der Waals surface area contributed by atoms with Crippen molar-refractivity contribution in [3.05, 3.63) is 93.6 Å². The van der Waals surface area contributed by atoms with Crippen LogP contribution >= 0.6 is 0 Å². The smallest absolute Gasteiger partial charge is 0.379 e. The number of hydrogen-bond acceptors (Lipinski definition) is 9. The van der Waals surface area contributed by atoms with Gasteiger partial charge >= 0.3 is 11.9 Å². The molecule has 4 rings (SSSR count). The molecule has 0 saturated carbocycles. The lowest BCUT2D eigenvalue weighted by atomic mass is 10.1. The zero-order chi connectivity index (χ0) is 22.7. The summed E-state index contributed by atoms with van der Waals surface area (Å²) in [5.74, 6) is -0.862. The van der Waals surface area contributed by atoms with Crippen LogP contribution in [0.15, 0.2) is 76.0 Å². The molecule has 10 nitrogen and oxygen atoms in total. The fraction of sp³-hybridized carbons (Fsp3) is 0.0455. The Bertz CT molecular complexity index is 1260. The minimum atomic E-state index is -0.684. The average Bonchev–Trinajstić information content (AvgIpc) is 3.45. The molecule has 1 aromatic heterocycles. The molecule has 1 aliphatic heterocycles. The molecular weight excluding hydrogens is 420 g/mol. The lowest BCUT2D eigenvalue weighted by molar-refractivity contribution is -0.384. The normalized spacial score (nSPS) is 14.1. The molecule has 0 aliphatic carbocycles. The number of cyclic esters (lactones) is 1. The van der Waals surface area contributed by atoms with Crippen LogP contribution in [0.5, 0.6) is 11.5 Å². The molecule has 0 spiro atoms. The highest BCUT2D eigenvalue weighted by atomic mass is 16.6. The third kappa shape index (κ3) is 4.24. The van der Waals surface area contributed by atoms with E-state index in [0.717, 1.165) is 0 Å². The fourth-order valence-corrected chi connectivity index (χ4v) is 2.82. The first-order valence-corrected chi connectivity index (χ1v) is 9.16. The van der Waals surface area contributed by atoms with Gasteiger partial charge in [0, 0.05) is 17.7 Å². The number of rotatable bonds is 6. The third-order valence-corrected chi connectivity index (χ3v) is 4.36. The van der Waals surface area contributed by atoms with Crippen molar-refractivity contribution in [2.24, 2.45) is 4.99 Å². The number of carbonyl (C=O) groups is 2. The highest BCUT2D eigenvalue weighted by Gasteiger charge is 2.25. The predicted molar refractivity (Wildman–Crippen MR) is 110 cm³/mol. The Morgan fingerprint density at radius 3 is 2.56 bits per heavy atom. The molecule has 10 heteroatoms. The van der Waals surface area contributed by atoms with Gasteiger partial charge in [0.1, 0.15) is 0 Å². The first-order valence-electron chi connectivity index (χ1n) is 9.16. The van der Waals surface area contributed by atoms with E-state index in [-0.39, 0.29) is 34.5 Å². The number of nitro groups is 1. The topological polar surface area (TPSA) is 130 Å². The maximum absolute atomic E-state index is 12.2. The molecule has 0 fully saturated rings. The third-order valence-electron chi connectivity index (χ3n) is 4.36. The average molecular weight is 434 g/mol. The highest BCUT2D eigenvalue weighted by Crippen LogP contribution is 2.30. The summed E-state index contributed by atoms with van der Waals surface area (Å²) in [6.45, 7) is 0. The number of hydrogen-bond donors (Lipinski definition) is 0. The van der Waals surface area contributed by atoms with Gasteiger partial charge in [0.25, 0.3) is 5.69 Å². The van der Waals surface area contributed by atoms with Crippen molar-refractivity contribution in [3.63, 3.8) is 0 Å². The number of esters is 2. The van der Waals surface area contributed by atoms with E-state index in [9.17, 15) is 19.7 Å². The molecule has 3 aromatic rings. The summed E-state index contributed by atoms with van der Waals surface area (Å²) < 4.78 is 20.7. The van der Waals surface area contributed by atoms with E-state index in [1.165, 1.54) is 55.8 Å². The molecule has 0 unspecified atom stereocenters. The van der Waals surface area contributed by atoms with Gasteiger partial charge in [-0.25, -0.2) is 14.6 Å². The Balaban J connectivity index is 1.56. The van der Waals surface area contributed by atoms with Gasteiger partial charge in [-0.1, -0.05) is 6.07 Å². The van der Waals surface area contributed by atoms with E-state index in [1.807, 2.05) is 0 Å². The van der Waals surface area contributed by atoms with Gasteiger partial charge in [-0.2, -0.15) is 0 Å². The van der Waals surface area contributed by atoms with Crippen molar-refractivity contribution in [2.45, 2.75) is 0 Å². The van der Waals surface area contributed by atoms with Crippen LogP contribution in [0.1, 0.15) is 21.7 Å². The lowest BCUT2D eigenvalue weighted by Crippen LogP contribution is -2.08. The fourth-order valence-electron chi connectivity index (χ4n) is 2.82.